The molecule has 1 aromatic heterocycles. The number of thioether (sulfide) groups is 1. The zero-order chi connectivity index (χ0) is 21.1. The Hall–Kier alpha value is -2.47. The Balaban J connectivity index is 1.77. The molecule has 3 aromatic carbocycles. The molecule has 152 valence electrons. The molecule has 0 unspecified atom stereocenters. The first-order valence-corrected chi connectivity index (χ1v) is 11.1. The zero-order valence-corrected chi connectivity index (χ0v) is 18.5. The van der Waals surface area contributed by atoms with E-state index < -0.39 is 0 Å². The van der Waals surface area contributed by atoms with Crippen molar-refractivity contribution in [3.05, 3.63) is 92.7 Å². The van der Waals surface area contributed by atoms with Crippen LogP contribution in [0.25, 0.3) is 16.6 Å². The second kappa shape index (κ2) is 9.13. The number of rotatable bonds is 6. The lowest BCUT2D eigenvalue weighted by Gasteiger charge is -2.14. The fourth-order valence-electron chi connectivity index (χ4n) is 3.07. The minimum absolute atomic E-state index is 0.110. The highest BCUT2D eigenvalue weighted by Crippen LogP contribution is 2.28. The summed E-state index contributed by atoms with van der Waals surface area (Å²) in [5.41, 5.74) is 2.29. The number of hydrogen-bond acceptors (Lipinski definition) is 4. The zero-order valence-electron chi connectivity index (χ0n) is 16.1. The number of nitrogens with zero attached hydrogens (tertiary/aromatic N) is 2. The van der Waals surface area contributed by atoms with E-state index in [1.165, 1.54) is 11.8 Å². The van der Waals surface area contributed by atoms with Crippen LogP contribution in [0.3, 0.4) is 0 Å². The number of benzene rings is 3. The molecule has 0 saturated heterocycles. The summed E-state index contributed by atoms with van der Waals surface area (Å²) in [7, 11) is 0. The maximum Gasteiger partial charge on any atom is 0.266 e. The lowest BCUT2D eigenvalue weighted by atomic mass is 10.2. The number of aromatic nitrogens is 2. The molecule has 0 N–H and O–H groups in total. The first kappa shape index (κ1) is 20.8. The maximum atomic E-state index is 13.3. The maximum absolute atomic E-state index is 13.3. The first-order chi connectivity index (χ1) is 14.6. The molecule has 0 bridgehead atoms. The van der Waals surface area contributed by atoms with Crippen LogP contribution in [0.15, 0.2) is 76.7 Å². The third-order valence-corrected chi connectivity index (χ3v) is 6.25. The molecular weight excluding hydrogens is 439 g/mol. The summed E-state index contributed by atoms with van der Waals surface area (Å²) in [5, 5.41) is 2.20. The van der Waals surface area contributed by atoms with Gasteiger partial charge < -0.3 is 4.74 Å². The van der Waals surface area contributed by atoms with Crippen molar-refractivity contribution < 1.29 is 4.74 Å². The van der Waals surface area contributed by atoms with Gasteiger partial charge in [0.1, 0.15) is 5.75 Å². The fourth-order valence-corrected chi connectivity index (χ4v) is 4.35. The molecule has 1 heterocycles. The van der Waals surface area contributed by atoms with Crippen LogP contribution in [0.5, 0.6) is 5.75 Å². The van der Waals surface area contributed by atoms with Crippen molar-refractivity contribution in [2.24, 2.45) is 0 Å². The van der Waals surface area contributed by atoms with Crippen LogP contribution < -0.4 is 10.3 Å². The normalized spacial score (nSPS) is 11.0. The van der Waals surface area contributed by atoms with E-state index in [0.717, 1.165) is 17.0 Å². The Labute approximate surface area is 188 Å². The van der Waals surface area contributed by atoms with Gasteiger partial charge in [-0.15, -0.1) is 0 Å². The molecule has 30 heavy (non-hydrogen) atoms. The van der Waals surface area contributed by atoms with Gasteiger partial charge in [-0.05, 0) is 61.0 Å². The SMILES string of the molecule is CCOc1ccc(-n2c(SCc3ccc(Cl)c(Cl)c3)nc3ccccc3c2=O)cc1. The van der Waals surface area contributed by atoms with Crippen LogP contribution in [0.4, 0.5) is 0 Å². The summed E-state index contributed by atoms with van der Waals surface area (Å²) < 4.78 is 7.16. The van der Waals surface area contributed by atoms with Crippen molar-refractivity contribution in [2.45, 2.75) is 17.8 Å². The molecule has 4 nitrogen and oxygen atoms in total. The van der Waals surface area contributed by atoms with Gasteiger partial charge in [0.25, 0.3) is 5.56 Å². The lowest BCUT2D eigenvalue weighted by molar-refractivity contribution is 0.340. The highest BCUT2D eigenvalue weighted by Gasteiger charge is 2.14. The topological polar surface area (TPSA) is 44.1 Å². The van der Waals surface area contributed by atoms with Crippen LogP contribution in [0.1, 0.15) is 12.5 Å². The summed E-state index contributed by atoms with van der Waals surface area (Å²) in [6.07, 6.45) is 0. The van der Waals surface area contributed by atoms with Crippen molar-refractivity contribution >= 4 is 45.9 Å². The molecule has 0 amide bonds. The van der Waals surface area contributed by atoms with Crippen LogP contribution in [-0.4, -0.2) is 16.2 Å². The number of fused-ring (bicyclic) bond motifs is 1. The van der Waals surface area contributed by atoms with Gasteiger partial charge in [0.2, 0.25) is 0 Å². The van der Waals surface area contributed by atoms with Gasteiger partial charge >= 0.3 is 0 Å². The Morgan fingerprint density at radius 3 is 2.50 bits per heavy atom. The van der Waals surface area contributed by atoms with Gasteiger partial charge in [-0.1, -0.05) is 53.2 Å². The number of halogens is 2. The molecule has 0 radical (unpaired) electrons. The number of hydrogen-bond donors (Lipinski definition) is 0. The van der Waals surface area contributed by atoms with Crippen molar-refractivity contribution in [2.75, 3.05) is 6.61 Å². The minimum Gasteiger partial charge on any atom is -0.494 e. The van der Waals surface area contributed by atoms with Crippen molar-refractivity contribution in [3.63, 3.8) is 0 Å². The summed E-state index contributed by atoms with van der Waals surface area (Å²) >= 11 is 13.6. The van der Waals surface area contributed by atoms with E-state index in [1.807, 2.05) is 61.5 Å². The van der Waals surface area contributed by atoms with Gasteiger partial charge in [0, 0.05) is 5.75 Å². The molecule has 0 spiro atoms. The summed E-state index contributed by atoms with van der Waals surface area (Å²) in [4.78, 5) is 18.1. The molecule has 0 aliphatic rings. The molecule has 0 atom stereocenters. The van der Waals surface area contributed by atoms with Gasteiger partial charge in [-0.2, -0.15) is 0 Å². The molecule has 0 aliphatic carbocycles. The molecule has 0 fully saturated rings. The van der Waals surface area contributed by atoms with Crippen molar-refractivity contribution in [3.8, 4) is 11.4 Å². The smallest absolute Gasteiger partial charge is 0.266 e. The minimum atomic E-state index is -0.110. The van der Waals surface area contributed by atoms with E-state index in [9.17, 15) is 4.79 Å². The average molecular weight is 457 g/mol. The van der Waals surface area contributed by atoms with Gasteiger partial charge in [-0.25, -0.2) is 4.98 Å². The van der Waals surface area contributed by atoms with Gasteiger partial charge in [-0.3, -0.25) is 9.36 Å². The first-order valence-electron chi connectivity index (χ1n) is 9.38. The predicted octanol–water partition coefficient (Wildman–Crippen LogP) is 6.38. The molecule has 0 saturated carbocycles. The highest BCUT2D eigenvalue weighted by atomic mass is 35.5. The van der Waals surface area contributed by atoms with E-state index in [1.54, 1.807) is 16.7 Å². The predicted molar refractivity (Wildman–Crippen MR) is 125 cm³/mol. The second-order valence-electron chi connectivity index (χ2n) is 6.52. The Morgan fingerprint density at radius 1 is 1.00 bits per heavy atom. The Kier molecular flexibility index (Phi) is 6.32. The van der Waals surface area contributed by atoms with Gasteiger partial charge in [0.05, 0.1) is 33.2 Å². The lowest BCUT2D eigenvalue weighted by Crippen LogP contribution is -2.21. The highest BCUT2D eigenvalue weighted by molar-refractivity contribution is 7.98. The van der Waals surface area contributed by atoms with Crippen LogP contribution in [0, 0.1) is 0 Å². The number of para-hydroxylation sites is 1. The average Bonchev–Trinajstić information content (AvgIpc) is 2.76. The largest absolute Gasteiger partial charge is 0.494 e. The summed E-state index contributed by atoms with van der Waals surface area (Å²) in [5.74, 6) is 1.35. The standard InChI is InChI=1S/C23H18Cl2N2O2S/c1-2-29-17-10-8-16(9-11-17)27-22(28)18-5-3-4-6-21(18)26-23(27)30-14-15-7-12-19(24)20(25)13-15/h3-13H,2,14H2,1H3. The van der Waals surface area contributed by atoms with E-state index in [-0.39, 0.29) is 5.56 Å². The Morgan fingerprint density at radius 2 is 1.77 bits per heavy atom. The monoisotopic (exact) mass is 456 g/mol. The summed E-state index contributed by atoms with van der Waals surface area (Å²) in [6.45, 7) is 2.52. The third kappa shape index (κ3) is 4.33. The molecule has 0 aliphatic heterocycles. The van der Waals surface area contributed by atoms with E-state index in [2.05, 4.69) is 0 Å². The van der Waals surface area contributed by atoms with E-state index in [0.29, 0.717) is 38.5 Å². The molecular formula is C23H18Cl2N2O2S. The van der Waals surface area contributed by atoms with Crippen LogP contribution in [-0.2, 0) is 5.75 Å². The van der Waals surface area contributed by atoms with Crippen LogP contribution >= 0.6 is 35.0 Å². The molecule has 4 aromatic rings. The fraction of sp³-hybridized carbons (Fsp3) is 0.130. The van der Waals surface area contributed by atoms with Crippen molar-refractivity contribution in [1.29, 1.82) is 0 Å². The summed E-state index contributed by atoms with van der Waals surface area (Å²) in [6, 6.07) is 20.3. The quantitative estimate of drug-likeness (QED) is 0.249. The number of ether oxygens (including phenoxy) is 1. The Bertz CT molecular complexity index is 1260. The van der Waals surface area contributed by atoms with E-state index in [4.69, 9.17) is 32.9 Å². The molecule has 4 rings (SSSR count). The third-order valence-electron chi connectivity index (χ3n) is 4.50. The van der Waals surface area contributed by atoms with Crippen molar-refractivity contribution in [1.82, 2.24) is 9.55 Å². The second-order valence-corrected chi connectivity index (χ2v) is 8.27. The van der Waals surface area contributed by atoms with E-state index >= 15 is 0 Å². The van der Waals surface area contributed by atoms with Crippen LogP contribution in [0.2, 0.25) is 10.0 Å². The molecule has 7 heteroatoms. The van der Waals surface area contributed by atoms with Gasteiger partial charge in [0.15, 0.2) is 5.16 Å².